The fraction of sp³-hybridized carbons (Fsp3) is 0.290. The summed E-state index contributed by atoms with van der Waals surface area (Å²) in [7, 11) is 0. The van der Waals surface area contributed by atoms with E-state index in [0.29, 0.717) is 83.4 Å². The van der Waals surface area contributed by atoms with Crippen molar-refractivity contribution in [2.24, 2.45) is 0 Å². The number of aromatic nitrogens is 2. The second-order valence-electron chi connectivity index (χ2n) is 10.1. The number of hydrogen-bond donors (Lipinski definition) is 1. The Hall–Kier alpha value is -4.58. The summed E-state index contributed by atoms with van der Waals surface area (Å²) in [6.07, 6.45) is 2.34. The van der Waals surface area contributed by atoms with Crippen molar-refractivity contribution in [3.8, 4) is 23.0 Å². The van der Waals surface area contributed by atoms with Gasteiger partial charge in [0.1, 0.15) is 5.82 Å². The number of thioether (sulfide) groups is 1. The van der Waals surface area contributed by atoms with Gasteiger partial charge in [0.25, 0.3) is 5.56 Å². The molecule has 222 valence electrons. The Labute approximate surface area is 250 Å². The first-order chi connectivity index (χ1) is 20.9. The molecular formula is C31H28FN3O7S. The first-order valence-corrected chi connectivity index (χ1v) is 14.8. The number of unbranched alkanes of at least 4 members (excludes halogenated alkanes) is 2. The maximum Gasteiger partial charge on any atom is 0.262 e. The Balaban J connectivity index is 1.08. The molecule has 4 aromatic rings. The summed E-state index contributed by atoms with van der Waals surface area (Å²) in [6.45, 7) is 1.02. The van der Waals surface area contributed by atoms with Gasteiger partial charge in [-0.05, 0) is 60.9 Å². The molecule has 0 saturated heterocycles. The Morgan fingerprint density at radius 1 is 0.884 bits per heavy atom. The summed E-state index contributed by atoms with van der Waals surface area (Å²) in [5, 5.41) is 3.71. The molecule has 3 aromatic carbocycles. The number of fused-ring (bicyclic) bond motifs is 3. The van der Waals surface area contributed by atoms with Crippen molar-refractivity contribution in [1.29, 1.82) is 0 Å². The summed E-state index contributed by atoms with van der Waals surface area (Å²) in [6, 6.07) is 14.2. The molecule has 12 heteroatoms. The van der Waals surface area contributed by atoms with E-state index < -0.39 is 5.82 Å². The summed E-state index contributed by atoms with van der Waals surface area (Å²) < 4.78 is 36.4. The van der Waals surface area contributed by atoms with Gasteiger partial charge < -0.3 is 24.3 Å². The number of carbonyl (C=O) groups is 2. The van der Waals surface area contributed by atoms with Crippen LogP contribution in [-0.4, -0.2) is 40.6 Å². The minimum absolute atomic E-state index is 0.0255. The summed E-state index contributed by atoms with van der Waals surface area (Å²) in [5.74, 6) is 1.70. The number of rotatable bonds is 12. The number of nitrogens with one attached hydrogen (secondary N) is 1. The predicted octanol–water partition coefficient (Wildman–Crippen LogP) is 4.84. The molecule has 2 aliphatic heterocycles. The molecule has 43 heavy (non-hydrogen) atoms. The molecule has 3 heterocycles. The van der Waals surface area contributed by atoms with Crippen LogP contribution in [0.2, 0.25) is 0 Å². The highest BCUT2D eigenvalue weighted by Crippen LogP contribution is 2.35. The number of nitrogens with zero attached hydrogens (tertiary/aromatic N) is 2. The van der Waals surface area contributed by atoms with Crippen molar-refractivity contribution in [2.45, 2.75) is 43.9 Å². The molecule has 2 aliphatic rings. The minimum atomic E-state index is -0.421. The molecule has 0 spiro atoms. The van der Waals surface area contributed by atoms with E-state index in [1.807, 2.05) is 18.2 Å². The third-order valence-corrected chi connectivity index (χ3v) is 8.10. The number of ketones is 1. The minimum Gasteiger partial charge on any atom is -0.454 e. The molecule has 0 atom stereocenters. The third-order valence-electron chi connectivity index (χ3n) is 7.12. The van der Waals surface area contributed by atoms with Crippen molar-refractivity contribution in [1.82, 2.24) is 14.9 Å². The zero-order chi connectivity index (χ0) is 29.8. The molecule has 0 aliphatic carbocycles. The largest absolute Gasteiger partial charge is 0.454 e. The Kier molecular flexibility index (Phi) is 8.45. The van der Waals surface area contributed by atoms with Crippen molar-refractivity contribution in [3.63, 3.8) is 0 Å². The molecule has 1 aromatic heterocycles. The van der Waals surface area contributed by atoms with Gasteiger partial charge in [-0.25, -0.2) is 9.37 Å². The molecule has 0 bridgehead atoms. The quantitative estimate of drug-likeness (QED) is 0.105. The number of amides is 1. The highest BCUT2D eigenvalue weighted by atomic mass is 32.2. The smallest absolute Gasteiger partial charge is 0.262 e. The average Bonchev–Trinajstić information content (AvgIpc) is 3.68. The number of benzene rings is 3. The van der Waals surface area contributed by atoms with Gasteiger partial charge in [0.15, 0.2) is 33.9 Å². The Morgan fingerprint density at radius 2 is 1.60 bits per heavy atom. The van der Waals surface area contributed by atoms with Crippen LogP contribution in [0.3, 0.4) is 0 Å². The van der Waals surface area contributed by atoms with E-state index in [9.17, 15) is 18.8 Å². The van der Waals surface area contributed by atoms with Gasteiger partial charge in [-0.15, -0.1) is 0 Å². The first kappa shape index (κ1) is 28.5. The monoisotopic (exact) mass is 605 g/mol. The lowest BCUT2D eigenvalue weighted by atomic mass is 10.1. The van der Waals surface area contributed by atoms with Crippen LogP contribution < -0.4 is 29.8 Å². The SMILES string of the molecule is O=C(CCCCCn1c(SCC(=O)c2ccc(F)cc2)nc2cc3c(cc2c1=O)OCO3)NCc1ccc2c(c1)OCO2. The highest BCUT2D eigenvalue weighted by Gasteiger charge is 2.20. The van der Waals surface area contributed by atoms with Crippen LogP contribution in [0.1, 0.15) is 41.6 Å². The van der Waals surface area contributed by atoms with Crippen LogP contribution in [-0.2, 0) is 17.9 Å². The van der Waals surface area contributed by atoms with Crippen molar-refractivity contribution in [3.05, 3.63) is 81.9 Å². The zero-order valence-electron chi connectivity index (χ0n) is 23.1. The van der Waals surface area contributed by atoms with Gasteiger partial charge in [-0.1, -0.05) is 24.2 Å². The molecule has 1 amide bonds. The van der Waals surface area contributed by atoms with Gasteiger partial charge in [0, 0.05) is 31.1 Å². The summed E-state index contributed by atoms with van der Waals surface area (Å²) >= 11 is 1.15. The van der Waals surface area contributed by atoms with Gasteiger partial charge >= 0.3 is 0 Å². The normalized spacial score (nSPS) is 13.0. The summed E-state index contributed by atoms with van der Waals surface area (Å²) in [4.78, 5) is 43.4. The number of carbonyl (C=O) groups excluding carboxylic acids is 2. The van der Waals surface area contributed by atoms with Crippen LogP contribution in [0.4, 0.5) is 4.39 Å². The fourth-order valence-electron chi connectivity index (χ4n) is 4.82. The highest BCUT2D eigenvalue weighted by molar-refractivity contribution is 7.99. The molecule has 0 fully saturated rings. The molecule has 0 saturated carbocycles. The van der Waals surface area contributed by atoms with Gasteiger partial charge in [-0.3, -0.25) is 19.0 Å². The van der Waals surface area contributed by atoms with Crippen LogP contribution >= 0.6 is 11.8 Å². The van der Waals surface area contributed by atoms with E-state index >= 15 is 0 Å². The number of ether oxygens (including phenoxy) is 4. The van der Waals surface area contributed by atoms with Gasteiger partial charge in [0.2, 0.25) is 19.5 Å². The topological polar surface area (TPSA) is 118 Å². The number of hydrogen-bond acceptors (Lipinski definition) is 9. The second-order valence-corrected chi connectivity index (χ2v) is 11.0. The Bertz CT molecular complexity index is 1740. The standard InChI is InChI=1S/C31H28FN3O7S/c32-21-8-6-20(7-9-21)24(36)16-43-31-34-23-14-28-27(41-18-42-28)13-22(23)30(38)35(31)11-3-1-2-4-29(37)33-15-19-5-10-25-26(12-19)40-17-39-25/h5-10,12-14H,1-4,11,15-18H2,(H,33,37). The van der Waals surface area contributed by atoms with E-state index in [1.165, 1.54) is 24.3 Å². The van der Waals surface area contributed by atoms with Gasteiger partial charge in [-0.2, -0.15) is 0 Å². The maximum absolute atomic E-state index is 13.6. The van der Waals surface area contributed by atoms with E-state index in [2.05, 4.69) is 5.32 Å². The van der Waals surface area contributed by atoms with Crippen molar-refractivity contribution in [2.75, 3.05) is 19.3 Å². The number of halogens is 1. The van der Waals surface area contributed by atoms with E-state index in [1.54, 1.807) is 16.7 Å². The van der Waals surface area contributed by atoms with Crippen LogP contribution in [0.15, 0.2) is 64.5 Å². The van der Waals surface area contributed by atoms with E-state index in [-0.39, 0.29) is 36.6 Å². The number of Topliss-reactive ketones (excluding diaryl/α,β-unsaturated/α-hetero) is 1. The van der Waals surface area contributed by atoms with Crippen molar-refractivity contribution >= 4 is 34.4 Å². The van der Waals surface area contributed by atoms with Crippen molar-refractivity contribution < 1.29 is 32.9 Å². The average molecular weight is 606 g/mol. The Morgan fingerprint density at radius 3 is 2.40 bits per heavy atom. The molecule has 0 unspecified atom stereocenters. The molecule has 6 rings (SSSR count). The lowest BCUT2D eigenvalue weighted by Gasteiger charge is -2.13. The lowest BCUT2D eigenvalue weighted by molar-refractivity contribution is -0.121. The van der Waals surface area contributed by atoms with E-state index in [4.69, 9.17) is 23.9 Å². The third kappa shape index (κ3) is 6.59. The molecule has 1 N–H and O–H groups in total. The molecule has 0 radical (unpaired) electrons. The lowest BCUT2D eigenvalue weighted by Crippen LogP contribution is -2.24. The van der Waals surface area contributed by atoms with Gasteiger partial charge in [0.05, 0.1) is 16.7 Å². The summed E-state index contributed by atoms with van der Waals surface area (Å²) in [5.41, 5.74) is 1.50. The van der Waals surface area contributed by atoms with Crippen LogP contribution in [0, 0.1) is 5.82 Å². The van der Waals surface area contributed by atoms with Crippen LogP contribution in [0.5, 0.6) is 23.0 Å². The molecule has 10 nitrogen and oxygen atoms in total. The van der Waals surface area contributed by atoms with Crippen LogP contribution in [0.25, 0.3) is 10.9 Å². The molecular weight excluding hydrogens is 577 g/mol. The first-order valence-electron chi connectivity index (χ1n) is 13.9. The van der Waals surface area contributed by atoms with E-state index in [0.717, 1.165) is 17.3 Å². The fourth-order valence-corrected chi connectivity index (χ4v) is 5.74. The maximum atomic E-state index is 13.6. The zero-order valence-corrected chi connectivity index (χ0v) is 23.9. The second kappa shape index (κ2) is 12.7. The predicted molar refractivity (Wildman–Crippen MR) is 156 cm³/mol.